The number of amides is 4. The molecule has 11 N–H and O–H groups in total. The van der Waals surface area contributed by atoms with Gasteiger partial charge in [0.1, 0.15) is 17.8 Å². The molecule has 4 atom stereocenters. The van der Waals surface area contributed by atoms with Crippen molar-refractivity contribution in [1.29, 1.82) is 0 Å². The number of benzene rings is 1. The standard InChI is InChI=1S/C26H30F2N10O5/c1-11-8-14(34-23(41)32-11)20(40)31-9-15-18-25(37-21(29)36-18)26(42,43)16(10-38(25)22(30)33-15)35-19(39)13-6-2-4-12-5-3-7-24(27,28)17(12)13/h2,4,6,8,15-16,18,42-43H,1,3,5,7,9-10H2,(H2,30,33)(H,31,40)(H,35,39)(H3,29,36,37)(H2,32,34,41)/t15-,16?,18-,25-/m0/s1. The molecule has 0 bridgehead atoms. The Kier molecular flexibility index (Phi) is 6.35. The van der Waals surface area contributed by atoms with Gasteiger partial charge in [0.05, 0.1) is 6.04 Å². The third-order valence-corrected chi connectivity index (χ3v) is 8.36. The van der Waals surface area contributed by atoms with Crippen LogP contribution in [0.15, 0.2) is 52.2 Å². The van der Waals surface area contributed by atoms with Gasteiger partial charge in [0.15, 0.2) is 17.6 Å². The SMILES string of the molecule is C=C1C=C(C(=O)NC[C@@H]2N=C(N)N3CC(NC(=O)c4cccc5c4C(F)(F)CCC5)C(O)(O)[C@@]34NC(N)=N[C@@H]24)NC(=O)N1. The molecular formula is C26H30F2N10O5. The normalized spacial score (nSPS) is 29.8. The van der Waals surface area contributed by atoms with Gasteiger partial charge in [-0.3, -0.25) is 9.59 Å². The number of alkyl halides is 2. The zero-order valence-electron chi connectivity index (χ0n) is 22.7. The summed E-state index contributed by atoms with van der Waals surface area (Å²) < 4.78 is 29.8. The van der Waals surface area contributed by atoms with Crippen molar-refractivity contribution in [3.63, 3.8) is 0 Å². The number of nitrogens with zero attached hydrogens (tertiary/aromatic N) is 3. The summed E-state index contributed by atoms with van der Waals surface area (Å²) in [5.41, 5.74) is 10.1. The average Bonchev–Trinajstić information content (AvgIpc) is 3.40. The Hall–Kier alpha value is -4.77. The zero-order chi connectivity index (χ0) is 30.9. The highest BCUT2D eigenvalue weighted by atomic mass is 19.3. The minimum atomic E-state index is -3.22. The molecule has 1 aliphatic carbocycles. The van der Waals surface area contributed by atoms with Crippen molar-refractivity contribution in [1.82, 2.24) is 31.5 Å². The van der Waals surface area contributed by atoms with Crippen LogP contribution < -0.4 is 38.1 Å². The molecule has 4 aliphatic heterocycles. The van der Waals surface area contributed by atoms with Crippen LogP contribution in [0.2, 0.25) is 0 Å². The van der Waals surface area contributed by atoms with E-state index in [0.29, 0.717) is 12.0 Å². The van der Waals surface area contributed by atoms with Crippen molar-refractivity contribution < 1.29 is 33.4 Å². The van der Waals surface area contributed by atoms with Crippen LogP contribution in [0, 0.1) is 0 Å². The second-order valence-electron chi connectivity index (χ2n) is 11.0. The molecule has 4 amide bonds. The van der Waals surface area contributed by atoms with Gasteiger partial charge in [0.2, 0.25) is 5.79 Å². The summed E-state index contributed by atoms with van der Waals surface area (Å²) in [6.07, 6.45) is 1.58. The lowest BCUT2D eigenvalue weighted by Crippen LogP contribution is -2.78. The highest BCUT2D eigenvalue weighted by Gasteiger charge is 2.73. The Balaban J connectivity index is 1.26. The van der Waals surface area contributed by atoms with Crippen LogP contribution in [-0.2, 0) is 17.1 Å². The number of halogens is 2. The summed E-state index contributed by atoms with van der Waals surface area (Å²) in [6, 6.07) is 0.0870. The van der Waals surface area contributed by atoms with E-state index in [1.165, 1.54) is 23.1 Å². The maximum atomic E-state index is 14.9. The highest BCUT2D eigenvalue weighted by molar-refractivity contribution is 5.99. The smallest absolute Gasteiger partial charge is 0.323 e. The molecule has 1 aromatic rings. The molecule has 0 aromatic heterocycles. The van der Waals surface area contributed by atoms with Crippen LogP contribution in [0.4, 0.5) is 13.6 Å². The van der Waals surface area contributed by atoms with Crippen molar-refractivity contribution in [2.24, 2.45) is 21.5 Å². The van der Waals surface area contributed by atoms with E-state index in [0.717, 1.165) is 0 Å². The van der Waals surface area contributed by atoms with Crippen molar-refractivity contribution in [3.8, 4) is 0 Å². The third kappa shape index (κ3) is 4.34. The van der Waals surface area contributed by atoms with Crippen molar-refractivity contribution in [2.75, 3.05) is 13.1 Å². The Morgan fingerprint density at radius 3 is 2.70 bits per heavy atom. The molecular weight excluding hydrogens is 570 g/mol. The molecule has 0 radical (unpaired) electrons. The van der Waals surface area contributed by atoms with E-state index in [-0.39, 0.29) is 54.0 Å². The van der Waals surface area contributed by atoms with Crippen LogP contribution in [0.25, 0.3) is 0 Å². The molecule has 15 nitrogen and oxygen atoms in total. The minimum absolute atomic E-state index is 0.0820. The number of carbonyl (C=O) groups is 3. The van der Waals surface area contributed by atoms with Crippen molar-refractivity contribution in [2.45, 2.75) is 54.8 Å². The predicted octanol–water partition coefficient (Wildman–Crippen LogP) is -2.28. The molecule has 0 saturated carbocycles. The summed E-state index contributed by atoms with van der Waals surface area (Å²) in [4.78, 5) is 47.9. The first-order valence-corrected chi connectivity index (χ1v) is 13.5. The first-order valence-electron chi connectivity index (χ1n) is 13.5. The highest BCUT2D eigenvalue weighted by Crippen LogP contribution is 2.45. The van der Waals surface area contributed by atoms with E-state index >= 15 is 0 Å². The molecule has 228 valence electrons. The lowest BCUT2D eigenvalue weighted by Gasteiger charge is -2.49. The van der Waals surface area contributed by atoms with Crippen molar-refractivity contribution >= 4 is 29.8 Å². The Morgan fingerprint density at radius 1 is 1.19 bits per heavy atom. The van der Waals surface area contributed by atoms with Gasteiger partial charge in [-0.2, -0.15) is 0 Å². The first-order chi connectivity index (χ1) is 20.2. The van der Waals surface area contributed by atoms with E-state index in [2.05, 4.69) is 43.1 Å². The van der Waals surface area contributed by atoms with Gasteiger partial charge in [-0.25, -0.2) is 23.6 Å². The number of hydrogen-bond donors (Lipinski definition) is 9. The summed E-state index contributed by atoms with van der Waals surface area (Å²) in [6.45, 7) is 3.09. The summed E-state index contributed by atoms with van der Waals surface area (Å²) >= 11 is 0. The van der Waals surface area contributed by atoms with Gasteiger partial charge in [0, 0.05) is 36.3 Å². The fourth-order valence-electron chi connectivity index (χ4n) is 6.50. The molecule has 1 unspecified atom stereocenters. The van der Waals surface area contributed by atoms with Crippen LogP contribution in [0.3, 0.4) is 0 Å². The molecule has 6 rings (SSSR count). The largest absolute Gasteiger partial charge is 0.370 e. The number of rotatable bonds is 5. The Morgan fingerprint density at radius 2 is 1.95 bits per heavy atom. The summed E-state index contributed by atoms with van der Waals surface area (Å²) in [5.74, 6) is -8.00. The number of nitrogens with two attached hydrogens (primary N) is 2. The molecule has 1 aromatic carbocycles. The first kappa shape index (κ1) is 28.4. The van der Waals surface area contributed by atoms with Crippen LogP contribution in [-0.4, -0.2) is 87.5 Å². The lowest BCUT2D eigenvalue weighted by molar-refractivity contribution is -0.230. The Bertz CT molecular complexity index is 1540. The number of aliphatic hydroxyl groups is 2. The van der Waals surface area contributed by atoms with Gasteiger partial charge in [-0.05, 0) is 30.5 Å². The number of allylic oxidation sites excluding steroid dienone is 1. The minimum Gasteiger partial charge on any atom is -0.370 e. The summed E-state index contributed by atoms with van der Waals surface area (Å²) in [5, 5.41) is 35.9. The molecule has 1 saturated heterocycles. The second-order valence-corrected chi connectivity index (χ2v) is 11.0. The predicted molar refractivity (Wildman–Crippen MR) is 147 cm³/mol. The van der Waals surface area contributed by atoms with Crippen LogP contribution in [0.1, 0.15) is 34.3 Å². The van der Waals surface area contributed by atoms with Gasteiger partial charge in [-0.15, -0.1) is 0 Å². The number of carbonyl (C=O) groups excluding carboxylic acids is 3. The maximum absolute atomic E-state index is 14.9. The number of hydrogen-bond acceptors (Lipinski definition) is 11. The number of nitrogens with one attached hydrogen (secondary N) is 5. The van der Waals surface area contributed by atoms with E-state index in [1.807, 2.05) is 0 Å². The second kappa shape index (κ2) is 9.63. The molecule has 1 fully saturated rings. The maximum Gasteiger partial charge on any atom is 0.323 e. The van der Waals surface area contributed by atoms with E-state index in [4.69, 9.17) is 11.5 Å². The molecule has 4 heterocycles. The fraction of sp³-hybridized carbons (Fsp3) is 0.423. The number of aryl methyl sites for hydroxylation is 1. The van der Waals surface area contributed by atoms with E-state index < -0.39 is 59.8 Å². The molecule has 17 heteroatoms. The van der Waals surface area contributed by atoms with Crippen LogP contribution >= 0.6 is 0 Å². The van der Waals surface area contributed by atoms with Gasteiger partial charge >= 0.3 is 6.03 Å². The molecule has 5 aliphatic rings. The molecule has 1 spiro atoms. The third-order valence-electron chi connectivity index (χ3n) is 8.36. The van der Waals surface area contributed by atoms with E-state index in [9.17, 15) is 33.4 Å². The quantitative estimate of drug-likeness (QED) is 0.165. The number of aliphatic imine (C=N–C) groups is 2. The topological polar surface area (TPSA) is 232 Å². The van der Waals surface area contributed by atoms with Gasteiger partial charge in [0.25, 0.3) is 17.7 Å². The van der Waals surface area contributed by atoms with Crippen molar-refractivity contribution in [3.05, 3.63) is 58.9 Å². The summed E-state index contributed by atoms with van der Waals surface area (Å²) in [7, 11) is 0. The zero-order valence-corrected chi connectivity index (χ0v) is 22.7. The average molecular weight is 601 g/mol. The van der Waals surface area contributed by atoms with Gasteiger partial charge < -0.3 is 53.2 Å². The number of fused-ring (bicyclic) bond motifs is 1. The van der Waals surface area contributed by atoms with Gasteiger partial charge in [-0.1, -0.05) is 18.7 Å². The number of urea groups is 1. The lowest BCUT2D eigenvalue weighted by atomic mass is 9.84. The Labute approximate surface area is 243 Å². The molecule has 43 heavy (non-hydrogen) atoms. The fourth-order valence-corrected chi connectivity index (χ4v) is 6.50. The van der Waals surface area contributed by atoms with E-state index in [1.54, 1.807) is 6.07 Å². The van der Waals surface area contributed by atoms with Crippen LogP contribution in [0.5, 0.6) is 0 Å². The number of guanidine groups is 2. The monoisotopic (exact) mass is 600 g/mol.